The molecule has 2 rings (SSSR count). The molecular formula is C15H22N2O2. The van der Waals surface area contributed by atoms with Crippen LogP contribution in [0.15, 0.2) is 24.3 Å². The largest absolute Gasteiger partial charge is 0.480 e. The molecule has 1 heterocycles. The van der Waals surface area contributed by atoms with E-state index in [0.717, 1.165) is 31.7 Å². The molecule has 0 unspecified atom stereocenters. The smallest absolute Gasteiger partial charge is 0.321 e. The minimum atomic E-state index is -0.717. The Hall–Kier alpha value is -1.39. The fourth-order valence-electron chi connectivity index (χ4n) is 2.57. The zero-order valence-corrected chi connectivity index (χ0v) is 11.7. The zero-order valence-electron chi connectivity index (χ0n) is 11.7. The van der Waals surface area contributed by atoms with Gasteiger partial charge in [-0.15, -0.1) is 0 Å². The average Bonchev–Trinajstić information content (AvgIpc) is 2.37. The molecule has 1 N–H and O–H groups in total. The van der Waals surface area contributed by atoms with Gasteiger partial charge in [-0.25, -0.2) is 0 Å². The SMILES string of the molecule is Cc1cccc(C[C@@H](C(=O)O)N2CCN(C)CC2)c1. The first-order valence-corrected chi connectivity index (χ1v) is 6.77. The van der Waals surface area contributed by atoms with Gasteiger partial charge in [-0.05, 0) is 26.0 Å². The van der Waals surface area contributed by atoms with Gasteiger partial charge in [0.1, 0.15) is 6.04 Å². The summed E-state index contributed by atoms with van der Waals surface area (Å²) in [7, 11) is 2.08. The second kappa shape index (κ2) is 6.17. The number of rotatable bonds is 4. The van der Waals surface area contributed by atoms with Crippen LogP contribution in [0.3, 0.4) is 0 Å². The molecule has 104 valence electrons. The maximum atomic E-state index is 11.5. The van der Waals surface area contributed by atoms with Crippen molar-refractivity contribution in [1.29, 1.82) is 0 Å². The number of benzene rings is 1. The lowest BCUT2D eigenvalue weighted by Gasteiger charge is -2.36. The monoisotopic (exact) mass is 262 g/mol. The Morgan fingerprint density at radius 3 is 2.58 bits per heavy atom. The Bertz CT molecular complexity index is 440. The second-order valence-electron chi connectivity index (χ2n) is 5.39. The van der Waals surface area contributed by atoms with E-state index < -0.39 is 12.0 Å². The predicted octanol–water partition coefficient (Wildman–Crippen LogP) is 1.24. The molecule has 0 aromatic heterocycles. The molecule has 1 atom stereocenters. The zero-order chi connectivity index (χ0) is 13.8. The molecule has 19 heavy (non-hydrogen) atoms. The molecule has 4 heteroatoms. The topological polar surface area (TPSA) is 43.8 Å². The van der Waals surface area contributed by atoms with Gasteiger partial charge in [-0.2, -0.15) is 0 Å². The van der Waals surface area contributed by atoms with Crippen LogP contribution in [0.25, 0.3) is 0 Å². The lowest BCUT2D eigenvalue weighted by atomic mass is 10.0. The molecule has 1 saturated heterocycles. The van der Waals surface area contributed by atoms with E-state index >= 15 is 0 Å². The van der Waals surface area contributed by atoms with Gasteiger partial charge in [0.2, 0.25) is 0 Å². The van der Waals surface area contributed by atoms with Gasteiger partial charge >= 0.3 is 5.97 Å². The van der Waals surface area contributed by atoms with Crippen LogP contribution < -0.4 is 0 Å². The maximum absolute atomic E-state index is 11.5. The molecule has 0 amide bonds. The van der Waals surface area contributed by atoms with Crippen molar-refractivity contribution >= 4 is 5.97 Å². The summed E-state index contributed by atoms with van der Waals surface area (Å²) in [5.41, 5.74) is 2.28. The minimum absolute atomic E-state index is 0.407. The number of aliphatic carboxylic acids is 1. The quantitative estimate of drug-likeness (QED) is 0.886. The summed E-state index contributed by atoms with van der Waals surface area (Å²) in [6.45, 7) is 5.59. The molecule has 0 saturated carbocycles. The normalized spacial score (nSPS) is 19.3. The lowest BCUT2D eigenvalue weighted by Crippen LogP contribution is -2.52. The standard InChI is InChI=1S/C15H22N2O2/c1-12-4-3-5-13(10-12)11-14(15(18)19)17-8-6-16(2)7-9-17/h3-5,10,14H,6-9,11H2,1-2H3,(H,18,19)/t14-/m0/s1. The van der Waals surface area contributed by atoms with E-state index in [4.69, 9.17) is 0 Å². The summed E-state index contributed by atoms with van der Waals surface area (Å²) in [5.74, 6) is -0.717. The summed E-state index contributed by atoms with van der Waals surface area (Å²) in [5, 5.41) is 9.47. The summed E-state index contributed by atoms with van der Waals surface area (Å²) >= 11 is 0. The van der Waals surface area contributed by atoms with E-state index in [9.17, 15) is 9.90 Å². The summed E-state index contributed by atoms with van der Waals surface area (Å²) < 4.78 is 0. The van der Waals surface area contributed by atoms with Crippen molar-refractivity contribution in [3.8, 4) is 0 Å². The number of hydrogen-bond acceptors (Lipinski definition) is 3. The molecular weight excluding hydrogens is 240 g/mol. The maximum Gasteiger partial charge on any atom is 0.321 e. The number of likely N-dealkylation sites (N-methyl/N-ethyl adjacent to an activating group) is 1. The van der Waals surface area contributed by atoms with Crippen LogP contribution in [-0.2, 0) is 11.2 Å². The van der Waals surface area contributed by atoms with E-state index in [1.54, 1.807) is 0 Å². The first-order chi connectivity index (χ1) is 9.06. The van der Waals surface area contributed by atoms with Crippen LogP contribution in [-0.4, -0.2) is 60.1 Å². The number of piperazine rings is 1. The van der Waals surface area contributed by atoms with Gasteiger partial charge in [0.15, 0.2) is 0 Å². The van der Waals surface area contributed by atoms with Gasteiger partial charge in [0.05, 0.1) is 0 Å². The fourth-order valence-corrected chi connectivity index (χ4v) is 2.57. The van der Waals surface area contributed by atoms with Crippen LogP contribution in [0.1, 0.15) is 11.1 Å². The molecule has 1 aliphatic heterocycles. The third kappa shape index (κ3) is 3.78. The first kappa shape index (κ1) is 14.0. The lowest BCUT2D eigenvalue weighted by molar-refractivity contribution is -0.144. The number of nitrogens with zero attached hydrogens (tertiary/aromatic N) is 2. The predicted molar refractivity (Wildman–Crippen MR) is 75.4 cm³/mol. The van der Waals surface area contributed by atoms with Gasteiger partial charge < -0.3 is 10.0 Å². The fraction of sp³-hybridized carbons (Fsp3) is 0.533. The molecule has 0 radical (unpaired) electrons. The van der Waals surface area contributed by atoms with Crippen LogP contribution in [0.4, 0.5) is 0 Å². The van der Waals surface area contributed by atoms with Crippen LogP contribution in [0, 0.1) is 6.92 Å². The highest BCUT2D eigenvalue weighted by Crippen LogP contribution is 2.13. The highest BCUT2D eigenvalue weighted by molar-refractivity contribution is 5.74. The summed E-state index contributed by atoms with van der Waals surface area (Å²) in [6.07, 6.45) is 0.584. The number of carboxylic acid groups (broad SMARTS) is 1. The first-order valence-electron chi connectivity index (χ1n) is 6.77. The molecule has 0 spiro atoms. The van der Waals surface area contributed by atoms with Crippen molar-refractivity contribution in [3.05, 3.63) is 35.4 Å². The van der Waals surface area contributed by atoms with E-state index in [1.807, 2.05) is 25.1 Å². The molecule has 1 aromatic rings. The van der Waals surface area contributed by atoms with Crippen LogP contribution in [0.2, 0.25) is 0 Å². The van der Waals surface area contributed by atoms with Crippen molar-refractivity contribution in [2.24, 2.45) is 0 Å². The van der Waals surface area contributed by atoms with Crippen molar-refractivity contribution in [3.63, 3.8) is 0 Å². The van der Waals surface area contributed by atoms with E-state index in [2.05, 4.69) is 22.9 Å². The van der Waals surface area contributed by atoms with Gasteiger partial charge in [-0.3, -0.25) is 9.69 Å². The molecule has 0 aliphatic carbocycles. The third-order valence-corrected chi connectivity index (χ3v) is 3.78. The van der Waals surface area contributed by atoms with E-state index in [1.165, 1.54) is 5.56 Å². The minimum Gasteiger partial charge on any atom is -0.480 e. The Morgan fingerprint density at radius 2 is 2.00 bits per heavy atom. The van der Waals surface area contributed by atoms with E-state index in [-0.39, 0.29) is 0 Å². The Morgan fingerprint density at radius 1 is 1.32 bits per heavy atom. The molecule has 4 nitrogen and oxygen atoms in total. The summed E-state index contributed by atoms with van der Waals surface area (Å²) in [6, 6.07) is 7.71. The summed E-state index contributed by atoms with van der Waals surface area (Å²) in [4.78, 5) is 15.8. The number of carbonyl (C=O) groups is 1. The van der Waals surface area contributed by atoms with Crippen molar-refractivity contribution < 1.29 is 9.90 Å². The molecule has 1 fully saturated rings. The van der Waals surface area contributed by atoms with Gasteiger partial charge in [0, 0.05) is 26.2 Å². The molecule has 1 aliphatic rings. The Labute approximate surface area is 114 Å². The van der Waals surface area contributed by atoms with Gasteiger partial charge in [0.25, 0.3) is 0 Å². The second-order valence-corrected chi connectivity index (χ2v) is 5.39. The van der Waals surface area contributed by atoms with E-state index in [0.29, 0.717) is 6.42 Å². The number of carboxylic acids is 1. The average molecular weight is 262 g/mol. The third-order valence-electron chi connectivity index (χ3n) is 3.78. The Balaban J connectivity index is 2.06. The van der Waals surface area contributed by atoms with Crippen LogP contribution >= 0.6 is 0 Å². The molecule has 1 aromatic carbocycles. The highest BCUT2D eigenvalue weighted by atomic mass is 16.4. The Kier molecular flexibility index (Phi) is 4.56. The molecule has 0 bridgehead atoms. The van der Waals surface area contributed by atoms with Crippen molar-refractivity contribution in [2.45, 2.75) is 19.4 Å². The number of aryl methyl sites for hydroxylation is 1. The number of hydrogen-bond donors (Lipinski definition) is 1. The van der Waals surface area contributed by atoms with Crippen molar-refractivity contribution in [1.82, 2.24) is 9.80 Å². The van der Waals surface area contributed by atoms with Crippen molar-refractivity contribution in [2.75, 3.05) is 33.2 Å². The highest BCUT2D eigenvalue weighted by Gasteiger charge is 2.28. The van der Waals surface area contributed by atoms with Gasteiger partial charge in [-0.1, -0.05) is 29.8 Å². The van der Waals surface area contributed by atoms with Crippen LogP contribution in [0.5, 0.6) is 0 Å².